The van der Waals surface area contributed by atoms with E-state index in [1.54, 1.807) is 0 Å². The molecule has 1 aromatic rings. The smallest absolute Gasteiger partial charge is 0.233 e. The van der Waals surface area contributed by atoms with Gasteiger partial charge < -0.3 is 16.0 Å². The zero-order chi connectivity index (χ0) is 15.8. The summed E-state index contributed by atoms with van der Waals surface area (Å²) in [6.45, 7) is 1.92. The van der Waals surface area contributed by atoms with Gasteiger partial charge in [-0.05, 0) is 12.1 Å². The summed E-state index contributed by atoms with van der Waals surface area (Å²) in [6, 6.07) is 2.96. The first-order valence-corrected chi connectivity index (χ1v) is 6.77. The van der Waals surface area contributed by atoms with E-state index in [0.717, 1.165) is 0 Å². The van der Waals surface area contributed by atoms with Crippen LogP contribution in [0.15, 0.2) is 12.1 Å². The standard InChI is InChI=1S/C12H14Cl2N4O3/c1-7(19)15-4-5-16-10(20)6-11(21)17-8-2-3-9(13)18-12(8)14/h2-3H,4-6H2,1H3,(H,15,19)(H,16,20)(H,17,21). The number of halogens is 2. The molecule has 0 aliphatic heterocycles. The van der Waals surface area contributed by atoms with Gasteiger partial charge in [-0.3, -0.25) is 14.4 Å². The molecule has 0 atom stereocenters. The van der Waals surface area contributed by atoms with Crippen LogP contribution in [0.1, 0.15) is 13.3 Å². The quantitative estimate of drug-likeness (QED) is 0.410. The number of amides is 3. The lowest BCUT2D eigenvalue weighted by Crippen LogP contribution is -2.35. The number of nitrogens with one attached hydrogen (secondary N) is 3. The predicted molar refractivity (Wildman–Crippen MR) is 79.2 cm³/mol. The van der Waals surface area contributed by atoms with E-state index < -0.39 is 11.8 Å². The highest BCUT2D eigenvalue weighted by Crippen LogP contribution is 2.21. The minimum atomic E-state index is -0.530. The van der Waals surface area contributed by atoms with Gasteiger partial charge in [0.05, 0.1) is 5.69 Å². The molecule has 9 heteroatoms. The first-order valence-electron chi connectivity index (χ1n) is 6.01. The Bertz CT molecular complexity index is 551. The first kappa shape index (κ1) is 17.2. The van der Waals surface area contributed by atoms with Crippen LogP contribution in [-0.2, 0) is 14.4 Å². The number of hydrogen-bond acceptors (Lipinski definition) is 4. The van der Waals surface area contributed by atoms with Gasteiger partial charge in [0.2, 0.25) is 17.7 Å². The Morgan fingerprint density at radius 2 is 1.76 bits per heavy atom. The van der Waals surface area contributed by atoms with E-state index in [4.69, 9.17) is 23.2 Å². The number of aromatic nitrogens is 1. The van der Waals surface area contributed by atoms with Gasteiger partial charge >= 0.3 is 0 Å². The molecule has 0 aliphatic rings. The van der Waals surface area contributed by atoms with Crippen LogP contribution in [-0.4, -0.2) is 35.8 Å². The highest BCUT2D eigenvalue weighted by Gasteiger charge is 2.11. The summed E-state index contributed by atoms with van der Waals surface area (Å²) in [5.41, 5.74) is 0.275. The van der Waals surface area contributed by atoms with Crippen molar-refractivity contribution in [3.05, 3.63) is 22.4 Å². The van der Waals surface area contributed by atoms with E-state index in [-0.39, 0.29) is 34.9 Å². The average Bonchev–Trinajstić information content (AvgIpc) is 2.38. The molecule has 1 aromatic heterocycles. The Morgan fingerprint density at radius 1 is 1.10 bits per heavy atom. The molecule has 3 amide bonds. The highest BCUT2D eigenvalue weighted by molar-refractivity contribution is 6.34. The van der Waals surface area contributed by atoms with Gasteiger partial charge in [-0.25, -0.2) is 4.98 Å². The fourth-order valence-corrected chi connectivity index (χ4v) is 1.74. The Kier molecular flexibility index (Phi) is 6.90. The monoisotopic (exact) mass is 332 g/mol. The normalized spacial score (nSPS) is 9.86. The Labute approximate surface area is 131 Å². The fourth-order valence-electron chi connectivity index (χ4n) is 1.35. The van der Waals surface area contributed by atoms with Crippen LogP contribution in [0.2, 0.25) is 10.3 Å². The molecule has 0 aliphatic carbocycles. The predicted octanol–water partition coefficient (Wildman–Crippen LogP) is 0.969. The van der Waals surface area contributed by atoms with Crippen LogP contribution in [0.5, 0.6) is 0 Å². The average molecular weight is 333 g/mol. The lowest BCUT2D eigenvalue weighted by molar-refractivity contribution is -0.127. The van der Waals surface area contributed by atoms with Crippen LogP contribution in [0, 0.1) is 0 Å². The van der Waals surface area contributed by atoms with Gasteiger partial charge in [0.1, 0.15) is 11.6 Å². The molecule has 0 bridgehead atoms. The number of nitrogens with zero attached hydrogens (tertiary/aromatic N) is 1. The van der Waals surface area contributed by atoms with Crippen molar-refractivity contribution in [1.82, 2.24) is 15.6 Å². The van der Waals surface area contributed by atoms with Crippen LogP contribution < -0.4 is 16.0 Å². The van der Waals surface area contributed by atoms with Crippen molar-refractivity contribution in [2.24, 2.45) is 0 Å². The highest BCUT2D eigenvalue weighted by atomic mass is 35.5. The van der Waals surface area contributed by atoms with Crippen molar-refractivity contribution < 1.29 is 14.4 Å². The van der Waals surface area contributed by atoms with Gasteiger partial charge in [-0.15, -0.1) is 0 Å². The molecule has 0 aromatic carbocycles. The lowest BCUT2D eigenvalue weighted by atomic mass is 10.3. The molecule has 0 spiro atoms. The Hall–Kier alpha value is -1.86. The van der Waals surface area contributed by atoms with E-state index in [1.165, 1.54) is 19.1 Å². The van der Waals surface area contributed by atoms with Crippen molar-refractivity contribution in [1.29, 1.82) is 0 Å². The minimum Gasteiger partial charge on any atom is -0.355 e. The van der Waals surface area contributed by atoms with Crippen molar-refractivity contribution in [3.63, 3.8) is 0 Å². The summed E-state index contributed by atoms with van der Waals surface area (Å²) in [7, 11) is 0. The second-order valence-corrected chi connectivity index (χ2v) is 4.78. The molecule has 0 unspecified atom stereocenters. The zero-order valence-corrected chi connectivity index (χ0v) is 12.7. The number of carbonyl (C=O) groups excluding carboxylic acids is 3. The number of carbonyl (C=O) groups is 3. The molecule has 3 N–H and O–H groups in total. The van der Waals surface area contributed by atoms with Crippen molar-refractivity contribution >= 4 is 46.6 Å². The third-order valence-electron chi connectivity index (χ3n) is 2.23. The third kappa shape index (κ3) is 6.92. The molecular formula is C12H14Cl2N4O3. The molecule has 21 heavy (non-hydrogen) atoms. The van der Waals surface area contributed by atoms with Crippen LogP contribution in [0.25, 0.3) is 0 Å². The lowest BCUT2D eigenvalue weighted by Gasteiger charge is -2.08. The molecule has 1 heterocycles. The molecule has 7 nitrogen and oxygen atoms in total. The Morgan fingerprint density at radius 3 is 2.38 bits per heavy atom. The number of anilines is 1. The molecule has 0 saturated carbocycles. The van der Waals surface area contributed by atoms with Gasteiger partial charge in [0.15, 0.2) is 5.15 Å². The van der Waals surface area contributed by atoms with Gasteiger partial charge in [-0.1, -0.05) is 23.2 Å². The number of rotatable bonds is 6. The number of hydrogen-bond donors (Lipinski definition) is 3. The summed E-state index contributed by atoms with van der Waals surface area (Å²) in [4.78, 5) is 37.5. The van der Waals surface area contributed by atoms with Gasteiger partial charge in [0.25, 0.3) is 0 Å². The Balaban J connectivity index is 2.36. The summed E-state index contributed by atoms with van der Waals surface area (Å²) in [5.74, 6) is -1.18. The summed E-state index contributed by atoms with van der Waals surface area (Å²) < 4.78 is 0. The first-order chi connectivity index (χ1) is 9.88. The third-order valence-corrected chi connectivity index (χ3v) is 2.73. The fraction of sp³-hybridized carbons (Fsp3) is 0.333. The van der Waals surface area contributed by atoms with E-state index in [1.807, 2.05) is 0 Å². The summed E-state index contributed by atoms with van der Waals surface area (Å²) in [6.07, 6.45) is -0.362. The van der Waals surface area contributed by atoms with E-state index >= 15 is 0 Å². The maximum Gasteiger partial charge on any atom is 0.233 e. The van der Waals surface area contributed by atoms with Crippen LogP contribution >= 0.6 is 23.2 Å². The minimum absolute atomic E-state index is 0.0434. The van der Waals surface area contributed by atoms with Crippen LogP contribution in [0.4, 0.5) is 5.69 Å². The van der Waals surface area contributed by atoms with Crippen molar-refractivity contribution in [2.45, 2.75) is 13.3 Å². The van der Waals surface area contributed by atoms with E-state index in [9.17, 15) is 14.4 Å². The molecule has 0 fully saturated rings. The molecule has 0 saturated heterocycles. The van der Waals surface area contributed by atoms with Crippen molar-refractivity contribution in [3.8, 4) is 0 Å². The maximum absolute atomic E-state index is 11.6. The topological polar surface area (TPSA) is 100 Å². The largest absolute Gasteiger partial charge is 0.355 e. The molecule has 114 valence electrons. The molecule has 1 rings (SSSR count). The number of pyridine rings is 1. The molecular weight excluding hydrogens is 319 g/mol. The van der Waals surface area contributed by atoms with Crippen LogP contribution in [0.3, 0.4) is 0 Å². The summed E-state index contributed by atoms with van der Waals surface area (Å²) in [5, 5.41) is 7.71. The van der Waals surface area contributed by atoms with Crippen molar-refractivity contribution in [2.75, 3.05) is 18.4 Å². The second kappa shape index (κ2) is 8.43. The van der Waals surface area contributed by atoms with E-state index in [2.05, 4.69) is 20.9 Å². The zero-order valence-electron chi connectivity index (χ0n) is 11.2. The van der Waals surface area contributed by atoms with E-state index in [0.29, 0.717) is 6.54 Å². The second-order valence-electron chi connectivity index (χ2n) is 4.03. The molecule has 0 radical (unpaired) electrons. The maximum atomic E-state index is 11.6. The summed E-state index contributed by atoms with van der Waals surface area (Å²) >= 11 is 11.4. The SMILES string of the molecule is CC(=O)NCCNC(=O)CC(=O)Nc1ccc(Cl)nc1Cl. The van der Waals surface area contributed by atoms with Gasteiger partial charge in [-0.2, -0.15) is 0 Å². The van der Waals surface area contributed by atoms with Gasteiger partial charge in [0, 0.05) is 20.0 Å².